The highest BCUT2D eigenvalue weighted by Gasteiger charge is 2.35. The van der Waals surface area contributed by atoms with Crippen molar-refractivity contribution in [3.63, 3.8) is 0 Å². The Morgan fingerprint density at radius 2 is 2.36 bits per heavy atom. The topological polar surface area (TPSA) is 63.1 Å². The summed E-state index contributed by atoms with van der Waals surface area (Å²) in [6.07, 6.45) is 1.06. The highest BCUT2D eigenvalue weighted by molar-refractivity contribution is 7.99. The SMILES string of the molecule is CC1(c2nnc(C(=O)O)s2)CCSC1. The molecule has 76 valence electrons. The van der Waals surface area contributed by atoms with Crippen LogP contribution in [0.1, 0.15) is 28.2 Å². The summed E-state index contributed by atoms with van der Waals surface area (Å²) in [7, 11) is 0. The number of carboxylic acids is 1. The fourth-order valence-electron chi connectivity index (χ4n) is 1.39. The monoisotopic (exact) mass is 230 g/mol. The van der Waals surface area contributed by atoms with Gasteiger partial charge in [0.1, 0.15) is 5.01 Å². The molecule has 4 nitrogen and oxygen atoms in total. The molecule has 1 atom stereocenters. The summed E-state index contributed by atoms with van der Waals surface area (Å²) in [5.41, 5.74) is 0.0377. The zero-order valence-electron chi connectivity index (χ0n) is 7.69. The van der Waals surface area contributed by atoms with Crippen molar-refractivity contribution >= 4 is 29.1 Å². The molecular weight excluding hydrogens is 220 g/mol. The second-order valence-corrected chi connectivity index (χ2v) is 5.66. The summed E-state index contributed by atoms with van der Waals surface area (Å²) in [6, 6.07) is 0. The van der Waals surface area contributed by atoms with E-state index >= 15 is 0 Å². The van der Waals surface area contributed by atoms with Crippen molar-refractivity contribution in [2.45, 2.75) is 18.8 Å². The van der Waals surface area contributed by atoms with E-state index in [-0.39, 0.29) is 10.4 Å². The third-order valence-corrected chi connectivity index (χ3v) is 4.89. The lowest BCUT2D eigenvalue weighted by atomic mass is 9.91. The van der Waals surface area contributed by atoms with Gasteiger partial charge in [-0.1, -0.05) is 18.3 Å². The predicted molar refractivity (Wildman–Crippen MR) is 56.2 cm³/mol. The lowest BCUT2D eigenvalue weighted by molar-refractivity contribution is 0.0695. The molecule has 1 saturated heterocycles. The molecule has 1 fully saturated rings. The van der Waals surface area contributed by atoms with E-state index in [4.69, 9.17) is 5.11 Å². The summed E-state index contributed by atoms with van der Waals surface area (Å²) in [4.78, 5) is 10.6. The first-order valence-corrected chi connectivity index (χ1v) is 6.24. The van der Waals surface area contributed by atoms with Crippen LogP contribution in [-0.4, -0.2) is 32.8 Å². The number of carboxylic acid groups (broad SMARTS) is 1. The molecule has 14 heavy (non-hydrogen) atoms. The van der Waals surface area contributed by atoms with Crippen molar-refractivity contribution < 1.29 is 9.90 Å². The number of aromatic carboxylic acids is 1. The van der Waals surface area contributed by atoms with Gasteiger partial charge in [-0.15, -0.1) is 10.2 Å². The first-order valence-electron chi connectivity index (χ1n) is 4.27. The summed E-state index contributed by atoms with van der Waals surface area (Å²) in [5.74, 6) is 1.16. The summed E-state index contributed by atoms with van der Waals surface area (Å²) in [5, 5.41) is 17.3. The number of rotatable bonds is 2. The standard InChI is InChI=1S/C8H10N2O2S2/c1-8(2-3-13-4-8)7-10-9-5(14-7)6(11)12/h2-4H2,1H3,(H,11,12). The molecule has 2 rings (SSSR count). The Bertz CT molecular complexity index is 358. The normalized spacial score (nSPS) is 26.6. The molecule has 1 aromatic rings. The number of carbonyl (C=O) groups is 1. The van der Waals surface area contributed by atoms with Gasteiger partial charge < -0.3 is 5.11 Å². The molecule has 0 aromatic carbocycles. The molecule has 2 heterocycles. The Labute approximate surface area is 89.7 Å². The van der Waals surface area contributed by atoms with E-state index in [1.165, 1.54) is 11.3 Å². The van der Waals surface area contributed by atoms with Gasteiger partial charge in [0, 0.05) is 11.2 Å². The second-order valence-electron chi connectivity index (χ2n) is 3.58. The average molecular weight is 230 g/mol. The van der Waals surface area contributed by atoms with E-state index < -0.39 is 5.97 Å². The minimum atomic E-state index is -0.983. The van der Waals surface area contributed by atoms with E-state index in [0.717, 1.165) is 22.9 Å². The molecule has 1 N–H and O–H groups in total. The first kappa shape index (κ1) is 9.92. The largest absolute Gasteiger partial charge is 0.476 e. The highest BCUT2D eigenvalue weighted by atomic mass is 32.2. The van der Waals surface area contributed by atoms with Gasteiger partial charge in [-0.05, 0) is 12.2 Å². The molecule has 0 amide bonds. The van der Waals surface area contributed by atoms with Crippen molar-refractivity contribution in [3.05, 3.63) is 10.0 Å². The third kappa shape index (κ3) is 1.64. The maximum Gasteiger partial charge on any atom is 0.367 e. The predicted octanol–water partition coefficient (Wildman–Crippen LogP) is 1.63. The minimum Gasteiger partial charge on any atom is -0.476 e. The highest BCUT2D eigenvalue weighted by Crippen LogP contribution is 2.39. The van der Waals surface area contributed by atoms with Crippen molar-refractivity contribution in [2.75, 3.05) is 11.5 Å². The van der Waals surface area contributed by atoms with Crippen LogP contribution in [0.15, 0.2) is 0 Å². The van der Waals surface area contributed by atoms with Gasteiger partial charge in [0.2, 0.25) is 5.01 Å². The molecule has 1 aliphatic heterocycles. The molecule has 1 aromatic heterocycles. The van der Waals surface area contributed by atoms with Gasteiger partial charge in [0.15, 0.2) is 0 Å². The fourth-order valence-corrected chi connectivity index (χ4v) is 3.81. The van der Waals surface area contributed by atoms with Gasteiger partial charge in [-0.3, -0.25) is 0 Å². The molecule has 0 saturated carbocycles. The Morgan fingerprint density at radius 3 is 2.86 bits per heavy atom. The van der Waals surface area contributed by atoms with E-state index in [1.54, 1.807) is 0 Å². The van der Waals surface area contributed by atoms with Crippen molar-refractivity contribution in [1.82, 2.24) is 10.2 Å². The van der Waals surface area contributed by atoms with Crippen LogP contribution in [0, 0.1) is 0 Å². The molecule has 1 aliphatic rings. The van der Waals surface area contributed by atoms with Crippen LogP contribution >= 0.6 is 23.1 Å². The zero-order chi connectivity index (χ0) is 10.2. The zero-order valence-corrected chi connectivity index (χ0v) is 9.32. The van der Waals surface area contributed by atoms with E-state index in [9.17, 15) is 4.79 Å². The third-order valence-electron chi connectivity index (χ3n) is 2.34. The Kier molecular flexibility index (Phi) is 2.48. The maximum atomic E-state index is 10.6. The van der Waals surface area contributed by atoms with E-state index in [0.29, 0.717) is 0 Å². The van der Waals surface area contributed by atoms with Crippen LogP contribution in [0.4, 0.5) is 0 Å². The number of hydrogen-bond donors (Lipinski definition) is 1. The number of nitrogens with zero attached hydrogens (tertiary/aromatic N) is 2. The molecule has 0 spiro atoms. The minimum absolute atomic E-state index is 0.0377. The van der Waals surface area contributed by atoms with Crippen molar-refractivity contribution in [2.24, 2.45) is 0 Å². The van der Waals surface area contributed by atoms with Crippen LogP contribution in [0.3, 0.4) is 0 Å². The van der Waals surface area contributed by atoms with Crippen LogP contribution in [0.25, 0.3) is 0 Å². The lowest BCUT2D eigenvalue weighted by Crippen LogP contribution is -2.20. The van der Waals surface area contributed by atoms with Crippen molar-refractivity contribution in [1.29, 1.82) is 0 Å². The fraction of sp³-hybridized carbons (Fsp3) is 0.625. The van der Waals surface area contributed by atoms with Crippen molar-refractivity contribution in [3.8, 4) is 0 Å². The first-order chi connectivity index (χ1) is 6.62. The molecule has 0 radical (unpaired) electrons. The van der Waals surface area contributed by atoms with E-state index in [1.807, 2.05) is 11.8 Å². The van der Waals surface area contributed by atoms with E-state index in [2.05, 4.69) is 17.1 Å². The van der Waals surface area contributed by atoms with Crippen LogP contribution in [0.5, 0.6) is 0 Å². The Balaban J connectivity index is 2.28. The maximum absolute atomic E-state index is 10.6. The summed E-state index contributed by atoms with van der Waals surface area (Å²) >= 11 is 3.09. The van der Waals surface area contributed by atoms with Gasteiger partial charge >= 0.3 is 5.97 Å². The quantitative estimate of drug-likeness (QED) is 0.836. The van der Waals surface area contributed by atoms with Crippen LogP contribution in [-0.2, 0) is 5.41 Å². The Morgan fingerprint density at radius 1 is 1.57 bits per heavy atom. The average Bonchev–Trinajstić information content (AvgIpc) is 2.71. The summed E-state index contributed by atoms with van der Waals surface area (Å²) in [6.45, 7) is 2.12. The van der Waals surface area contributed by atoms with Crippen LogP contribution < -0.4 is 0 Å². The summed E-state index contributed by atoms with van der Waals surface area (Å²) < 4.78 is 0. The van der Waals surface area contributed by atoms with Gasteiger partial charge in [0.05, 0.1) is 0 Å². The number of hydrogen-bond acceptors (Lipinski definition) is 5. The van der Waals surface area contributed by atoms with Crippen LogP contribution in [0.2, 0.25) is 0 Å². The van der Waals surface area contributed by atoms with Gasteiger partial charge in [-0.25, -0.2) is 4.79 Å². The lowest BCUT2D eigenvalue weighted by Gasteiger charge is -2.17. The number of aromatic nitrogens is 2. The molecular formula is C8H10N2O2S2. The number of thioether (sulfide) groups is 1. The molecule has 0 aliphatic carbocycles. The second kappa shape index (κ2) is 3.51. The smallest absolute Gasteiger partial charge is 0.367 e. The Hall–Kier alpha value is -0.620. The molecule has 0 bridgehead atoms. The molecule has 6 heteroatoms. The molecule has 1 unspecified atom stereocenters. The van der Waals surface area contributed by atoms with Gasteiger partial charge in [0.25, 0.3) is 0 Å². The van der Waals surface area contributed by atoms with Gasteiger partial charge in [-0.2, -0.15) is 11.8 Å².